The second kappa shape index (κ2) is 13.9. The molecule has 0 aromatic heterocycles. The highest BCUT2D eigenvalue weighted by Crippen LogP contribution is 2.31. The number of alkyl halides is 3. The van der Waals surface area contributed by atoms with Crippen molar-refractivity contribution in [3.63, 3.8) is 0 Å². The van der Waals surface area contributed by atoms with Gasteiger partial charge in [-0.3, -0.25) is 19.9 Å². The van der Waals surface area contributed by atoms with Crippen LogP contribution in [-0.4, -0.2) is 139 Å². The quantitative estimate of drug-likeness (QED) is 0.334. The highest BCUT2D eigenvalue weighted by molar-refractivity contribution is 8.26. The molecule has 0 bridgehead atoms. The number of urea groups is 1. The second-order valence-electron chi connectivity index (χ2n) is 9.70. The number of halogens is 3. The first-order chi connectivity index (χ1) is 19.2. The van der Waals surface area contributed by atoms with E-state index in [2.05, 4.69) is 19.9 Å². The first-order valence-corrected chi connectivity index (χ1v) is 13.5. The van der Waals surface area contributed by atoms with Gasteiger partial charge in [-0.25, -0.2) is 4.79 Å². The molecule has 1 aromatic rings. The van der Waals surface area contributed by atoms with Gasteiger partial charge >= 0.3 is 12.4 Å². The van der Waals surface area contributed by atoms with Gasteiger partial charge in [0.2, 0.25) is 5.91 Å². The van der Waals surface area contributed by atoms with Crippen LogP contribution in [-0.2, 0) is 4.79 Å². The lowest BCUT2D eigenvalue weighted by atomic mass is 10.1. The van der Waals surface area contributed by atoms with E-state index in [0.717, 1.165) is 43.1 Å². The number of carbonyl (C=O) groups is 3. The monoisotopic (exact) mass is 601 g/mol. The van der Waals surface area contributed by atoms with Crippen molar-refractivity contribution in [3.05, 3.63) is 23.8 Å². The topological polar surface area (TPSA) is 151 Å². The van der Waals surface area contributed by atoms with Crippen molar-refractivity contribution < 1.29 is 32.3 Å². The van der Waals surface area contributed by atoms with Gasteiger partial charge in [0.15, 0.2) is 16.1 Å². The van der Waals surface area contributed by atoms with Crippen LogP contribution in [0, 0.1) is 5.41 Å². The smallest absolute Gasteiger partial charge is 0.404 e. The summed E-state index contributed by atoms with van der Waals surface area (Å²) in [5, 5.41) is 10.5. The fourth-order valence-electron chi connectivity index (χ4n) is 4.11. The van der Waals surface area contributed by atoms with Crippen molar-refractivity contribution in [1.82, 2.24) is 24.5 Å². The number of benzene rings is 1. The number of aliphatic imine (C=N–C) groups is 1. The summed E-state index contributed by atoms with van der Waals surface area (Å²) in [7, 11) is 5.26. The van der Waals surface area contributed by atoms with E-state index in [9.17, 15) is 27.6 Å². The van der Waals surface area contributed by atoms with E-state index < -0.39 is 23.9 Å². The van der Waals surface area contributed by atoms with Crippen molar-refractivity contribution in [1.29, 1.82) is 5.41 Å². The SMILES string of the molecule is CN1CCN(CC(=O)Nc2cc(C(=O)N=C(N)SC(=N)N3CCN(C(=O)N(C)C)CC3)ccc2OC(F)(F)F)CC1. The number of hydrogen-bond acceptors (Lipinski definition) is 8. The molecule has 0 saturated carbocycles. The molecule has 0 unspecified atom stereocenters. The average molecular weight is 602 g/mol. The summed E-state index contributed by atoms with van der Waals surface area (Å²) in [6, 6.07) is 2.91. The second-order valence-corrected chi connectivity index (χ2v) is 10.7. The molecule has 13 nitrogen and oxygen atoms in total. The molecule has 4 N–H and O–H groups in total. The number of amidine groups is 2. The maximum absolute atomic E-state index is 13.0. The number of anilines is 1. The van der Waals surface area contributed by atoms with Gasteiger partial charge in [0.1, 0.15) is 0 Å². The third-order valence-corrected chi connectivity index (χ3v) is 7.07. The van der Waals surface area contributed by atoms with E-state index in [1.165, 1.54) is 4.90 Å². The fraction of sp³-hybridized carbons (Fsp3) is 0.542. The first-order valence-electron chi connectivity index (χ1n) is 12.7. The zero-order valence-corrected chi connectivity index (χ0v) is 23.8. The first kappa shape index (κ1) is 32.0. The Hall–Kier alpha value is -3.57. The molecule has 0 atom stereocenters. The number of nitrogens with two attached hydrogens (primary N) is 1. The number of nitrogens with zero attached hydrogens (tertiary/aromatic N) is 6. The molecule has 3 rings (SSSR count). The molecular formula is C24H34F3N9O4S. The summed E-state index contributed by atoms with van der Waals surface area (Å²) in [4.78, 5) is 50.0. The minimum absolute atomic E-state index is 0.0294. The van der Waals surface area contributed by atoms with Crippen molar-refractivity contribution in [3.8, 4) is 5.75 Å². The Morgan fingerprint density at radius 2 is 1.68 bits per heavy atom. The minimum Gasteiger partial charge on any atom is -0.404 e. The molecule has 2 aliphatic rings. The van der Waals surface area contributed by atoms with Gasteiger partial charge < -0.3 is 35.4 Å². The highest BCUT2D eigenvalue weighted by atomic mass is 32.2. The summed E-state index contributed by atoms with van der Waals surface area (Å²) in [6.07, 6.45) is -5.02. The number of hydrogen-bond donors (Lipinski definition) is 3. The van der Waals surface area contributed by atoms with Crippen LogP contribution >= 0.6 is 11.8 Å². The molecule has 2 heterocycles. The lowest BCUT2D eigenvalue weighted by Gasteiger charge is -2.36. The lowest BCUT2D eigenvalue weighted by Crippen LogP contribution is -2.52. The average Bonchev–Trinajstić information content (AvgIpc) is 2.89. The number of rotatable bonds is 5. The van der Waals surface area contributed by atoms with Crippen LogP contribution in [0.5, 0.6) is 5.75 Å². The number of amides is 4. The van der Waals surface area contributed by atoms with Crippen LogP contribution in [0.2, 0.25) is 0 Å². The van der Waals surface area contributed by atoms with Gasteiger partial charge in [0.05, 0.1) is 12.2 Å². The lowest BCUT2D eigenvalue weighted by molar-refractivity contribution is -0.274. The van der Waals surface area contributed by atoms with Crippen LogP contribution in [0.3, 0.4) is 0 Å². The molecule has 0 radical (unpaired) electrons. The van der Waals surface area contributed by atoms with E-state index in [1.54, 1.807) is 23.9 Å². The van der Waals surface area contributed by atoms with Gasteiger partial charge in [-0.2, -0.15) is 4.99 Å². The van der Waals surface area contributed by atoms with E-state index in [0.29, 0.717) is 39.3 Å². The predicted octanol–water partition coefficient (Wildman–Crippen LogP) is 1.19. The number of thioether (sulfide) groups is 1. The van der Waals surface area contributed by atoms with Gasteiger partial charge in [0, 0.05) is 72.0 Å². The zero-order chi connectivity index (χ0) is 30.3. The van der Waals surface area contributed by atoms with Crippen LogP contribution in [0.15, 0.2) is 23.2 Å². The summed E-state index contributed by atoms with van der Waals surface area (Å²) in [5.41, 5.74) is 5.40. The van der Waals surface area contributed by atoms with Gasteiger partial charge in [-0.1, -0.05) is 0 Å². The highest BCUT2D eigenvalue weighted by Gasteiger charge is 2.33. The largest absolute Gasteiger partial charge is 0.573 e. The molecule has 4 amide bonds. The zero-order valence-electron chi connectivity index (χ0n) is 23.0. The van der Waals surface area contributed by atoms with Gasteiger partial charge in [-0.15, -0.1) is 13.2 Å². The van der Waals surface area contributed by atoms with Gasteiger partial charge in [-0.05, 0) is 37.0 Å². The Balaban J connectivity index is 1.65. The van der Waals surface area contributed by atoms with E-state index in [4.69, 9.17) is 11.1 Å². The Labute approximate surface area is 239 Å². The Bertz CT molecular complexity index is 1170. The molecule has 41 heavy (non-hydrogen) atoms. The van der Waals surface area contributed by atoms with Crippen LogP contribution in [0.25, 0.3) is 0 Å². The Kier molecular flexibility index (Phi) is 10.8. The van der Waals surface area contributed by atoms with Crippen molar-refractivity contribution >= 4 is 45.6 Å². The molecular weight excluding hydrogens is 567 g/mol. The van der Waals surface area contributed by atoms with Crippen LogP contribution in [0.4, 0.5) is 23.7 Å². The predicted molar refractivity (Wildman–Crippen MR) is 149 cm³/mol. The molecule has 1 aromatic carbocycles. The Morgan fingerprint density at radius 1 is 1.07 bits per heavy atom. The van der Waals surface area contributed by atoms with E-state index in [-0.39, 0.29) is 34.2 Å². The molecule has 226 valence electrons. The third kappa shape index (κ3) is 9.79. The number of carbonyl (C=O) groups excluding carboxylic acids is 3. The summed E-state index contributed by atoms with van der Waals surface area (Å²) in [6.45, 7) is 4.31. The molecule has 2 aliphatic heterocycles. The number of piperazine rings is 2. The molecule has 2 saturated heterocycles. The summed E-state index contributed by atoms with van der Waals surface area (Å²) >= 11 is 0.741. The van der Waals surface area contributed by atoms with E-state index >= 15 is 0 Å². The summed E-state index contributed by atoms with van der Waals surface area (Å²) in [5.74, 6) is -2.12. The minimum atomic E-state index is -5.02. The van der Waals surface area contributed by atoms with Crippen molar-refractivity contribution in [2.24, 2.45) is 10.7 Å². The number of likely N-dealkylation sites (N-methyl/N-ethyl adjacent to an activating group) is 1. The standard InChI is InChI=1S/C24H34F3N9O4S/c1-32(2)23(39)36-12-10-35(11-13-36)22(29)41-21(28)31-20(38)16-4-5-18(40-24(25,26)27)17(14-16)30-19(37)15-34-8-6-33(3)7-9-34/h4-5,14,29H,6-13,15H2,1-3H3,(H,30,37)(H2,28,31,38). The number of nitrogens with one attached hydrogen (secondary N) is 2. The van der Waals surface area contributed by atoms with Crippen LogP contribution < -0.4 is 15.8 Å². The Morgan fingerprint density at radius 3 is 2.27 bits per heavy atom. The van der Waals surface area contributed by atoms with E-state index in [1.807, 2.05) is 11.9 Å². The normalized spacial score (nSPS) is 17.3. The maximum Gasteiger partial charge on any atom is 0.573 e. The molecule has 0 spiro atoms. The maximum atomic E-state index is 13.0. The molecule has 17 heteroatoms. The van der Waals surface area contributed by atoms with Crippen molar-refractivity contribution in [2.75, 3.05) is 85.4 Å². The molecule has 0 aliphatic carbocycles. The third-order valence-electron chi connectivity index (χ3n) is 6.32. The van der Waals surface area contributed by atoms with Gasteiger partial charge in [0.25, 0.3) is 5.91 Å². The van der Waals surface area contributed by atoms with Crippen molar-refractivity contribution in [2.45, 2.75) is 6.36 Å². The number of ether oxygens (including phenoxy) is 1. The van der Waals surface area contributed by atoms with Crippen LogP contribution in [0.1, 0.15) is 10.4 Å². The summed E-state index contributed by atoms with van der Waals surface area (Å²) < 4.78 is 42.9. The fourth-order valence-corrected chi connectivity index (χ4v) is 4.75. The molecule has 2 fully saturated rings.